The van der Waals surface area contributed by atoms with Gasteiger partial charge in [-0.2, -0.15) is 0 Å². The first-order valence-electron chi connectivity index (χ1n) is 11.1. The maximum atomic E-state index is 14.6. The van der Waals surface area contributed by atoms with Crippen molar-refractivity contribution in [2.75, 3.05) is 19.0 Å². The van der Waals surface area contributed by atoms with E-state index in [1.54, 1.807) is 24.3 Å². The number of hydrogen-bond acceptors (Lipinski definition) is 4. The summed E-state index contributed by atoms with van der Waals surface area (Å²) in [5.74, 6) is -1.08. The van der Waals surface area contributed by atoms with E-state index in [2.05, 4.69) is 20.8 Å². The fourth-order valence-corrected chi connectivity index (χ4v) is 6.83. The fourth-order valence-electron chi connectivity index (χ4n) is 4.52. The summed E-state index contributed by atoms with van der Waals surface area (Å²) in [7, 11) is 0.0164. The molecule has 170 valence electrons. The summed E-state index contributed by atoms with van der Waals surface area (Å²) in [6.07, 6.45) is 2.65. The van der Waals surface area contributed by atoms with Crippen LogP contribution < -0.4 is 10.2 Å². The minimum absolute atomic E-state index is 0.00692. The minimum Gasteiger partial charge on any atom is -0.378 e. The van der Waals surface area contributed by atoms with E-state index in [-0.39, 0.29) is 17.6 Å². The maximum Gasteiger partial charge on any atom is 0.264 e. The van der Waals surface area contributed by atoms with Crippen LogP contribution in [-0.2, 0) is 9.09 Å². The van der Waals surface area contributed by atoms with E-state index in [0.29, 0.717) is 17.1 Å². The Morgan fingerprint density at radius 2 is 1.74 bits per heavy atom. The Morgan fingerprint density at radius 3 is 2.32 bits per heavy atom. The molecule has 1 saturated carbocycles. The van der Waals surface area contributed by atoms with Gasteiger partial charge >= 0.3 is 0 Å². The van der Waals surface area contributed by atoms with Gasteiger partial charge in [0.25, 0.3) is 7.37 Å². The van der Waals surface area contributed by atoms with Gasteiger partial charge in [-0.3, -0.25) is 4.57 Å². The summed E-state index contributed by atoms with van der Waals surface area (Å²) in [5, 5.41) is 11.6. The molecule has 0 spiro atoms. The highest BCUT2D eigenvalue weighted by Crippen LogP contribution is 2.60. The normalized spacial score (nSPS) is 24.6. The lowest BCUT2D eigenvalue weighted by Crippen LogP contribution is -2.35. The molecule has 1 N–H and O–H groups in total. The summed E-state index contributed by atoms with van der Waals surface area (Å²) < 4.78 is 35.4. The van der Waals surface area contributed by atoms with Crippen LogP contribution >= 0.6 is 7.37 Å². The van der Waals surface area contributed by atoms with Crippen LogP contribution in [0.4, 0.5) is 10.1 Å². The van der Waals surface area contributed by atoms with Crippen molar-refractivity contribution in [1.29, 1.82) is 0 Å². The lowest BCUT2D eigenvalue weighted by atomic mass is 9.75. The average Bonchev–Trinajstić information content (AvgIpc) is 2.73. The number of hydrogen-bond donors (Lipinski definition) is 1. The summed E-state index contributed by atoms with van der Waals surface area (Å²) in [6.45, 7) is 6.49. The zero-order valence-electron chi connectivity index (χ0n) is 19.2. The molecule has 1 fully saturated rings. The van der Waals surface area contributed by atoms with Gasteiger partial charge in [-0.25, -0.2) is 4.39 Å². The van der Waals surface area contributed by atoms with Crippen LogP contribution in [0.25, 0.3) is 0 Å². The van der Waals surface area contributed by atoms with E-state index in [1.165, 1.54) is 12.1 Å². The summed E-state index contributed by atoms with van der Waals surface area (Å²) in [5.41, 5.74) is 0.953. The zero-order chi connectivity index (χ0) is 22.8. The smallest absolute Gasteiger partial charge is 0.264 e. The molecule has 0 heterocycles. The lowest BCUT2D eigenvalue weighted by molar-refractivity contribution is 0.0425. The number of halogens is 1. The number of aliphatic hydroxyl groups is 1. The third-order valence-corrected chi connectivity index (χ3v) is 9.01. The van der Waals surface area contributed by atoms with Crippen LogP contribution in [0.5, 0.6) is 0 Å². The predicted molar refractivity (Wildman–Crippen MR) is 126 cm³/mol. The first-order valence-corrected chi connectivity index (χ1v) is 12.8. The van der Waals surface area contributed by atoms with Gasteiger partial charge in [0, 0.05) is 30.7 Å². The maximum absolute atomic E-state index is 14.6. The molecule has 2 aromatic carbocycles. The first kappa shape index (κ1) is 24.0. The van der Waals surface area contributed by atoms with Gasteiger partial charge < -0.3 is 14.5 Å². The van der Waals surface area contributed by atoms with E-state index in [0.717, 1.165) is 24.9 Å². The molecule has 4 nitrogen and oxygen atoms in total. The van der Waals surface area contributed by atoms with Crippen LogP contribution in [0.3, 0.4) is 0 Å². The van der Waals surface area contributed by atoms with E-state index in [4.69, 9.17) is 4.52 Å². The Kier molecular flexibility index (Phi) is 7.62. The highest BCUT2D eigenvalue weighted by molar-refractivity contribution is 7.67. The standard InChI is InChI=1S/C25H35FNO3P/c1-17(2)21-15-10-18(3)16-24(21)30-31(29,20-13-11-19(12-14-20)27(4)5)25(28)22-8-6-7-9-23(22)26/h6-9,11-14,17-18,21,24-25,28H,10,15-16H2,1-5H3/t18-,21+,24-,25+,31-/m1/s1. The van der Waals surface area contributed by atoms with Crippen molar-refractivity contribution in [2.45, 2.75) is 52.0 Å². The molecule has 0 radical (unpaired) electrons. The SMILES string of the molecule is CC(C)[C@@H]1CC[C@@H](C)C[C@H]1O[P@](=O)(c1ccc(N(C)C)cc1)[C@H](O)c1ccccc1F. The highest BCUT2D eigenvalue weighted by atomic mass is 31.2. The summed E-state index contributed by atoms with van der Waals surface area (Å²) in [6, 6.07) is 13.1. The predicted octanol–water partition coefficient (Wildman–Crippen LogP) is 5.96. The molecule has 1 aliphatic rings. The molecule has 5 atom stereocenters. The molecule has 1 aliphatic carbocycles. The number of anilines is 1. The van der Waals surface area contributed by atoms with Crippen molar-refractivity contribution in [3.8, 4) is 0 Å². The van der Waals surface area contributed by atoms with E-state index in [1.807, 2.05) is 31.1 Å². The van der Waals surface area contributed by atoms with Crippen molar-refractivity contribution in [3.63, 3.8) is 0 Å². The van der Waals surface area contributed by atoms with E-state index < -0.39 is 19.0 Å². The Labute approximate surface area is 185 Å². The Balaban J connectivity index is 2.05. The lowest BCUT2D eigenvalue weighted by Gasteiger charge is -2.40. The van der Waals surface area contributed by atoms with Crippen LogP contribution in [0.15, 0.2) is 48.5 Å². The van der Waals surface area contributed by atoms with Crippen LogP contribution in [0, 0.1) is 23.6 Å². The number of aliphatic hydroxyl groups excluding tert-OH is 1. The molecular formula is C25H35FNO3P. The van der Waals surface area contributed by atoms with E-state index in [9.17, 15) is 14.1 Å². The third-order valence-electron chi connectivity index (χ3n) is 6.48. The third kappa shape index (κ3) is 5.22. The monoisotopic (exact) mass is 447 g/mol. The molecule has 6 heteroatoms. The molecule has 0 amide bonds. The van der Waals surface area contributed by atoms with Gasteiger partial charge in [0.15, 0.2) is 5.85 Å². The molecule has 0 aliphatic heterocycles. The average molecular weight is 448 g/mol. The Bertz CT molecular complexity index is 915. The molecule has 2 aromatic rings. The Morgan fingerprint density at radius 1 is 1.10 bits per heavy atom. The first-order chi connectivity index (χ1) is 14.6. The topological polar surface area (TPSA) is 49.8 Å². The van der Waals surface area contributed by atoms with Gasteiger partial charge in [0.2, 0.25) is 0 Å². The molecule has 0 unspecified atom stereocenters. The highest BCUT2D eigenvalue weighted by Gasteiger charge is 2.43. The van der Waals surface area contributed by atoms with Crippen molar-refractivity contribution < 1.29 is 18.6 Å². The van der Waals surface area contributed by atoms with Gasteiger partial charge in [-0.05, 0) is 60.9 Å². The molecule has 3 rings (SSSR count). The number of nitrogens with zero attached hydrogens (tertiary/aromatic N) is 1. The van der Waals surface area contributed by atoms with E-state index >= 15 is 0 Å². The van der Waals surface area contributed by atoms with Crippen molar-refractivity contribution in [1.82, 2.24) is 0 Å². The van der Waals surface area contributed by atoms with Crippen molar-refractivity contribution in [3.05, 3.63) is 59.9 Å². The second-order valence-corrected chi connectivity index (χ2v) is 11.8. The molecule has 0 saturated heterocycles. The van der Waals surface area contributed by atoms with Crippen LogP contribution in [0.2, 0.25) is 0 Å². The number of benzene rings is 2. The minimum atomic E-state index is -3.84. The Hall–Kier alpha value is -1.68. The second-order valence-electron chi connectivity index (χ2n) is 9.37. The van der Waals surface area contributed by atoms with Crippen molar-refractivity contribution in [2.24, 2.45) is 17.8 Å². The van der Waals surface area contributed by atoms with Gasteiger partial charge in [-0.15, -0.1) is 0 Å². The van der Waals surface area contributed by atoms with Gasteiger partial charge in [-0.1, -0.05) is 45.4 Å². The van der Waals surface area contributed by atoms with Crippen LogP contribution in [0.1, 0.15) is 51.4 Å². The largest absolute Gasteiger partial charge is 0.378 e. The zero-order valence-corrected chi connectivity index (χ0v) is 20.1. The summed E-state index contributed by atoms with van der Waals surface area (Å²) in [4.78, 5) is 1.94. The molecule has 0 bridgehead atoms. The molecule has 0 aromatic heterocycles. The molecular weight excluding hydrogens is 412 g/mol. The fraction of sp³-hybridized carbons (Fsp3) is 0.520. The van der Waals surface area contributed by atoms with Gasteiger partial charge in [0.05, 0.1) is 6.10 Å². The second kappa shape index (κ2) is 9.85. The quantitative estimate of drug-likeness (QED) is 0.532. The van der Waals surface area contributed by atoms with Crippen molar-refractivity contribution >= 4 is 18.4 Å². The summed E-state index contributed by atoms with van der Waals surface area (Å²) >= 11 is 0. The van der Waals surface area contributed by atoms with Gasteiger partial charge in [0.1, 0.15) is 5.82 Å². The molecule has 31 heavy (non-hydrogen) atoms. The number of rotatable bonds is 7. The van der Waals surface area contributed by atoms with Crippen LogP contribution in [-0.4, -0.2) is 25.3 Å².